The maximum absolute atomic E-state index is 5.45. The van der Waals surface area contributed by atoms with Crippen molar-refractivity contribution in [2.75, 3.05) is 33.5 Å². The van der Waals surface area contributed by atoms with Crippen LogP contribution in [0.15, 0.2) is 12.3 Å². The molecule has 0 amide bonds. The summed E-state index contributed by atoms with van der Waals surface area (Å²) < 4.78 is 15.4. The standard InChI is InChI=1S/C10H21NO3/c1-10(4-8-12-2)14-7-3-6-13-9-5-11/h3,6,10H,4-5,7-9,11H2,1-2H3/b6-3+. The third-order valence-electron chi connectivity index (χ3n) is 1.63. The Bertz CT molecular complexity index is 139. The van der Waals surface area contributed by atoms with Gasteiger partial charge in [-0.1, -0.05) is 0 Å². The van der Waals surface area contributed by atoms with Crippen molar-refractivity contribution in [2.45, 2.75) is 19.4 Å². The summed E-state index contributed by atoms with van der Waals surface area (Å²) >= 11 is 0. The van der Waals surface area contributed by atoms with Gasteiger partial charge in [0.25, 0.3) is 0 Å². The monoisotopic (exact) mass is 203 g/mol. The van der Waals surface area contributed by atoms with Gasteiger partial charge in [0.05, 0.1) is 25.6 Å². The summed E-state index contributed by atoms with van der Waals surface area (Å²) in [5.74, 6) is 0. The van der Waals surface area contributed by atoms with Crippen molar-refractivity contribution in [3.63, 3.8) is 0 Å². The highest BCUT2D eigenvalue weighted by Crippen LogP contribution is 1.97. The molecule has 0 heterocycles. The van der Waals surface area contributed by atoms with Crippen molar-refractivity contribution in [2.24, 2.45) is 5.73 Å². The summed E-state index contributed by atoms with van der Waals surface area (Å²) in [7, 11) is 1.69. The van der Waals surface area contributed by atoms with Crippen LogP contribution in [-0.2, 0) is 14.2 Å². The molecule has 0 aromatic carbocycles. The van der Waals surface area contributed by atoms with E-state index in [4.69, 9.17) is 19.9 Å². The predicted octanol–water partition coefficient (Wildman–Crippen LogP) is 0.917. The third-order valence-corrected chi connectivity index (χ3v) is 1.63. The molecule has 0 fully saturated rings. The first-order chi connectivity index (χ1) is 6.81. The van der Waals surface area contributed by atoms with Crippen LogP contribution in [0.25, 0.3) is 0 Å². The van der Waals surface area contributed by atoms with Crippen LogP contribution in [0.3, 0.4) is 0 Å². The van der Waals surface area contributed by atoms with Crippen LogP contribution in [0, 0.1) is 0 Å². The van der Waals surface area contributed by atoms with Gasteiger partial charge in [-0.2, -0.15) is 0 Å². The maximum Gasteiger partial charge on any atom is 0.0995 e. The lowest BCUT2D eigenvalue weighted by atomic mass is 10.3. The van der Waals surface area contributed by atoms with E-state index in [9.17, 15) is 0 Å². The Morgan fingerprint density at radius 3 is 2.79 bits per heavy atom. The Hall–Kier alpha value is -0.580. The Balaban J connectivity index is 3.21. The molecule has 4 nitrogen and oxygen atoms in total. The first-order valence-electron chi connectivity index (χ1n) is 4.88. The van der Waals surface area contributed by atoms with Crippen LogP contribution in [0.2, 0.25) is 0 Å². The highest BCUT2D eigenvalue weighted by molar-refractivity contribution is 4.73. The van der Waals surface area contributed by atoms with E-state index in [1.165, 1.54) is 0 Å². The summed E-state index contributed by atoms with van der Waals surface area (Å²) in [6.45, 7) is 4.41. The van der Waals surface area contributed by atoms with E-state index in [0.717, 1.165) is 13.0 Å². The van der Waals surface area contributed by atoms with Crippen LogP contribution in [0.1, 0.15) is 13.3 Å². The topological polar surface area (TPSA) is 53.7 Å². The molecule has 2 N–H and O–H groups in total. The molecule has 0 aliphatic heterocycles. The van der Waals surface area contributed by atoms with Crippen molar-refractivity contribution in [3.8, 4) is 0 Å². The fourth-order valence-electron chi connectivity index (χ4n) is 0.830. The average Bonchev–Trinajstić information content (AvgIpc) is 2.20. The van der Waals surface area contributed by atoms with Gasteiger partial charge < -0.3 is 19.9 Å². The summed E-state index contributed by atoms with van der Waals surface area (Å²) in [5, 5.41) is 0. The van der Waals surface area contributed by atoms with Crippen molar-refractivity contribution < 1.29 is 14.2 Å². The molecule has 14 heavy (non-hydrogen) atoms. The smallest absolute Gasteiger partial charge is 0.0995 e. The van der Waals surface area contributed by atoms with Gasteiger partial charge >= 0.3 is 0 Å². The van der Waals surface area contributed by atoms with Crippen molar-refractivity contribution in [1.82, 2.24) is 0 Å². The summed E-state index contributed by atoms with van der Waals surface area (Å²) in [6.07, 6.45) is 4.58. The molecule has 0 aromatic heterocycles. The van der Waals surface area contributed by atoms with Crippen molar-refractivity contribution >= 4 is 0 Å². The Morgan fingerprint density at radius 2 is 2.14 bits per heavy atom. The first-order valence-corrected chi connectivity index (χ1v) is 4.88. The van der Waals surface area contributed by atoms with E-state index < -0.39 is 0 Å². The van der Waals surface area contributed by atoms with Crippen LogP contribution in [-0.4, -0.2) is 39.6 Å². The second-order valence-corrected chi connectivity index (χ2v) is 2.96. The Labute approximate surface area is 86.0 Å². The van der Waals surface area contributed by atoms with Crippen LogP contribution in [0.5, 0.6) is 0 Å². The molecule has 4 heteroatoms. The van der Waals surface area contributed by atoms with Crippen LogP contribution >= 0.6 is 0 Å². The fraction of sp³-hybridized carbons (Fsp3) is 0.800. The zero-order valence-electron chi connectivity index (χ0n) is 9.07. The lowest BCUT2D eigenvalue weighted by Crippen LogP contribution is -2.11. The molecule has 0 aliphatic rings. The molecule has 0 rings (SSSR count). The van der Waals surface area contributed by atoms with E-state index in [0.29, 0.717) is 19.8 Å². The molecule has 84 valence electrons. The van der Waals surface area contributed by atoms with Gasteiger partial charge in [-0.3, -0.25) is 0 Å². The predicted molar refractivity (Wildman–Crippen MR) is 56.1 cm³/mol. The minimum absolute atomic E-state index is 0.217. The number of ether oxygens (including phenoxy) is 3. The fourth-order valence-corrected chi connectivity index (χ4v) is 0.830. The van der Waals surface area contributed by atoms with Gasteiger partial charge in [0.2, 0.25) is 0 Å². The molecule has 0 aliphatic carbocycles. The highest BCUT2D eigenvalue weighted by Gasteiger charge is 1.98. The van der Waals surface area contributed by atoms with Gasteiger partial charge in [0.1, 0.15) is 0 Å². The molecule has 0 bridgehead atoms. The molecule has 0 spiro atoms. The molecule has 1 atom stereocenters. The van der Waals surface area contributed by atoms with Gasteiger partial charge in [-0.15, -0.1) is 0 Å². The normalized spacial score (nSPS) is 13.4. The Kier molecular flexibility index (Phi) is 10.1. The van der Waals surface area contributed by atoms with E-state index >= 15 is 0 Å². The van der Waals surface area contributed by atoms with Gasteiger partial charge in [-0.05, 0) is 19.4 Å². The molecule has 0 radical (unpaired) electrons. The molecule has 0 saturated heterocycles. The van der Waals surface area contributed by atoms with Crippen molar-refractivity contribution in [1.29, 1.82) is 0 Å². The number of hydrogen-bond acceptors (Lipinski definition) is 4. The van der Waals surface area contributed by atoms with E-state index in [-0.39, 0.29) is 6.10 Å². The SMILES string of the molecule is COCCC(C)OC/C=C/OCCN. The third kappa shape index (κ3) is 9.51. The number of hydrogen-bond donors (Lipinski definition) is 1. The van der Waals surface area contributed by atoms with E-state index in [2.05, 4.69) is 0 Å². The van der Waals surface area contributed by atoms with Gasteiger partial charge in [0.15, 0.2) is 0 Å². The largest absolute Gasteiger partial charge is 0.500 e. The lowest BCUT2D eigenvalue weighted by molar-refractivity contribution is 0.0568. The molecule has 0 saturated carbocycles. The molecule has 1 unspecified atom stereocenters. The van der Waals surface area contributed by atoms with Gasteiger partial charge in [-0.25, -0.2) is 0 Å². The molecular weight excluding hydrogens is 182 g/mol. The van der Waals surface area contributed by atoms with Gasteiger partial charge in [0, 0.05) is 20.3 Å². The van der Waals surface area contributed by atoms with E-state index in [1.54, 1.807) is 13.4 Å². The highest BCUT2D eigenvalue weighted by atomic mass is 16.5. The average molecular weight is 203 g/mol. The molecular formula is C10H21NO3. The van der Waals surface area contributed by atoms with Crippen molar-refractivity contribution in [3.05, 3.63) is 12.3 Å². The zero-order valence-corrected chi connectivity index (χ0v) is 9.07. The second kappa shape index (κ2) is 10.5. The number of nitrogens with two attached hydrogens (primary N) is 1. The summed E-state index contributed by atoms with van der Waals surface area (Å²) in [6, 6.07) is 0. The van der Waals surface area contributed by atoms with Crippen LogP contribution in [0.4, 0.5) is 0 Å². The number of rotatable bonds is 9. The van der Waals surface area contributed by atoms with Crippen LogP contribution < -0.4 is 5.73 Å². The zero-order chi connectivity index (χ0) is 10.6. The minimum Gasteiger partial charge on any atom is -0.500 e. The second-order valence-electron chi connectivity index (χ2n) is 2.96. The minimum atomic E-state index is 0.217. The summed E-state index contributed by atoms with van der Waals surface area (Å²) in [5.41, 5.74) is 5.24. The van der Waals surface area contributed by atoms with E-state index in [1.807, 2.05) is 13.0 Å². The quantitative estimate of drug-likeness (QED) is 0.447. The maximum atomic E-state index is 5.45. The Morgan fingerprint density at radius 1 is 1.36 bits per heavy atom. The summed E-state index contributed by atoms with van der Waals surface area (Å²) in [4.78, 5) is 0. The lowest BCUT2D eigenvalue weighted by Gasteiger charge is -2.10. The first kappa shape index (κ1) is 13.4. The number of methoxy groups -OCH3 is 1. The molecule has 0 aromatic rings.